The third-order valence-electron chi connectivity index (χ3n) is 4.10. The van der Waals surface area contributed by atoms with E-state index in [2.05, 4.69) is 0 Å². The maximum absolute atomic E-state index is 12.5. The Hall–Kier alpha value is -2.44. The maximum Gasteiger partial charge on any atom is 0.410 e. The van der Waals surface area contributed by atoms with Crippen molar-refractivity contribution in [3.8, 4) is 11.5 Å². The third-order valence-corrected chi connectivity index (χ3v) is 4.10. The monoisotopic (exact) mass is 364 g/mol. The zero-order valence-electron chi connectivity index (χ0n) is 16.4. The van der Waals surface area contributed by atoms with Gasteiger partial charge in [-0.2, -0.15) is 0 Å². The van der Waals surface area contributed by atoms with E-state index in [4.69, 9.17) is 14.2 Å². The van der Waals surface area contributed by atoms with Gasteiger partial charge in [0.2, 0.25) is 12.7 Å². The number of nitrogens with zero attached hydrogens (tertiary/aromatic N) is 2. The lowest BCUT2D eigenvalue weighted by Gasteiger charge is -2.28. The number of hydrogen-bond donors (Lipinski definition) is 0. The van der Waals surface area contributed by atoms with Crippen LogP contribution in [0.4, 0.5) is 4.79 Å². The van der Waals surface area contributed by atoms with Crippen molar-refractivity contribution >= 4 is 12.0 Å². The van der Waals surface area contributed by atoms with Crippen molar-refractivity contribution < 1.29 is 23.8 Å². The molecule has 2 amide bonds. The Balaban J connectivity index is 1.89. The minimum Gasteiger partial charge on any atom is -0.454 e. The molecule has 0 aliphatic carbocycles. The van der Waals surface area contributed by atoms with Crippen molar-refractivity contribution in [3.05, 3.63) is 23.8 Å². The van der Waals surface area contributed by atoms with Gasteiger partial charge in [0.15, 0.2) is 11.5 Å². The van der Waals surface area contributed by atoms with Gasteiger partial charge in [0, 0.05) is 20.1 Å². The molecule has 7 nitrogen and oxygen atoms in total. The molecule has 0 fully saturated rings. The topological polar surface area (TPSA) is 68.3 Å². The number of amides is 2. The standard InChI is InChI=1S/C19H28N2O5/c1-13(9-14-7-8-15-16(10-14)25-12-24-15)21(6)17(22)11-20(5)18(23)26-19(2,3)4/h7-8,10,13H,9,11-12H2,1-6H3. The number of benzene rings is 1. The van der Waals surface area contributed by atoms with Crippen molar-refractivity contribution in [1.82, 2.24) is 9.80 Å². The number of carbonyl (C=O) groups is 2. The van der Waals surface area contributed by atoms with Crippen molar-refractivity contribution in [2.45, 2.75) is 45.8 Å². The first-order valence-electron chi connectivity index (χ1n) is 8.65. The summed E-state index contributed by atoms with van der Waals surface area (Å²) in [7, 11) is 3.30. The lowest BCUT2D eigenvalue weighted by atomic mass is 10.1. The normalized spacial score (nSPS) is 13.9. The highest BCUT2D eigenvalue weighted by Gasteiger charge is 2.24. The molecule has 1 aliphatic rings. The van der Waals surface area contributed by atoms with Crippen LogP contribution < -0.4 is 9.47 Å². The Morgan fingerprint density at radius 3 is 2.50 bits per heavy atom. The second-order valence-corrected chi connectivity index (χ2v) is 7.58. The van der Waals surface area contributed by atoms with E-state index in [9.17, 15) is 9.59 Å². The van der Waals surface area contributed by atoms with E-state index >= 15 is 0 Å². The van der Waals surface area contributed by atoms with Crippen LogP contribution in [0.15, 0.2) is 18.2 Å². The number of carbonyl (C=O) groups excluding carboxylic acids is 2. The summed E-state index contributed by atoms with van der Waals surface area (Å²) in [5.74, 6) is 1.32. The molecule has 7 heteroatoms. The molecular weight excluding hydrogens is 336 g/mol. The lowest BCUT2D eigenvalue weighted by Crippen LogP contribution is -2.44. The van der Waals surface area contributed by atoms with E-state index in [0.29, 0.717) is 6.42 Å². The first-order chi connectivity index (χ1) is 12.1. The van der Waals surface area contributed by atoms with Crippen molar-refractivity contribution in [2.75, 3.05) is 27.4 Å². The number of ether oxygens (including phenoxy) is 3. The molecule has 1 aromatic carbocycles. The highest BCUT2D eigenvalue weighted by Crippen LogP contribution is 2.32. The molecule has 1 atom stereocenters. The van der Waals surface area contributed by atoms with Gasteiger partial charge in [-0.25, -0.2) is 4.79 Å². The van der Waals surface area contributed by atoms with Crippen LogP contribution >= 0.6 is 0 Å². The average molecular weight is 364 g/mol. The SMILES string of the molecule is CC(Cc1ccc2c(c1)OCO2)N(C)C(=O)CN(C)C(=O)OC(C)(C)C. The Morgan fingerprint density at radius 2 is 1.85 bits per heavy atom. The molecule has 0 saturated heterocycles. The molecule has 0 spiro atoms. The number of hydrogen-bond acceptors (Lipinski definition) is 5. The quantitative estimate of drug-likeness (QED) is 0.803. The Kier molecular flexibility index (Phi) is 6.00. The van der Waals surface area contributed by atoms with E-state index in [1.807, 2.05) is 25.1 Å². The van der Waals surface area contributed by atoms with Gasteiger partial charge in [-0.1, -0.05) is 6.07 Å². The van der Waals surface area contributed by atoms with Gasteiger partial charge in [0.05, 0.1) is 0 Å². The summed E-state index contributed by atoms with van der Waals surface area (Å²) < 4.78 is 16.0. The van der Waals surface area contributed by atoms with Gasteiger partial charge < -0.3 is 24.0 Å². The van der Waals surface area contributed by atoms with E-state index in [-0.39, 0.29) is 25.3 Å². The maximum atomic E-state index is 12.5. The van der Waals surface area contributed by atoms with Crippen molar-refractivity contribution in [3.63, 3.8) is 0 Å². The third kappa shape index (κ3) is 5.28. The molecule has 144 valence electrons. The first-order valence-corrected chi connectivity index (χ1v) is 8.65. The largest absolute Gasteiger partial charge is 0.454 e. The first kappa shape index (κ1) is 19.9. The van der Waals surface area contributed by atoms with Gasteiger partial charge in [-0.3, -0.25) is 4.79 Å². The minimum atomic E-state index is -0.590. The summed E-state index contributed by atoms with van der Waals surface area (Å²) in [6.45, 7) is 7.55. The van der Waals surface area contributed by atoms with Crippen LogP contribution in [0, 0.1) is 0 Å². The molecule has 0 radical (unpaired) electrons. The number of rotatable bonds is 5. The van der Waals surface area contributed by atoms with Gasteiger partial charge >= 0.3 is 6.09 Å². The van der Waals surface area contributed by atoms with Crippen LogP contribution in [0.5, 0.6) is 11.5 Å². The highest BCUT2D eigenvalue weighted by atomic mass is 16.7. The average Bonchev–Trinajstić information content (AvgIpc) is 2.99. The summed E-state index contributed by atoms with van der Waals surface area (Å²) in [6, 6.07) is 5.75. The fraction of sp³-hybridized carbons (Fsp3) is 0.579. The molecule has 1 heterocycles. The minimum absolute atomic E-state index is 0.0309. The van der Waals surface area contributed by atoms with Crippen molar-refractivity contribution in [2.24, 2.45) is 0 Å². The van der Waals surface area contributed by atoms with Gasteiger partial charge in [0.1, 0.15) is 12.1 Å². The van der Waals surface area contributed by atoms with Crippen LogP contribution in [-0.4, -0.2) is 60.9 Å². The van der Waals surface area contributed by atoms with E-state index in [1.165, 1.54) is 4.90 Å². The molecule has 2 rings (SSSR count). The van der Waals surface area contributed by atoms with Crippen LogP contribution in [0.2, 0.25) is 0 Å². The molecule has 0 N–H and O–H groups in total. The lowest BCUT2D eigenvalue weighted by molar-refractivity contribution is -0.132. The van der Waals surface area contributed by atoms with Crippen LogP contribution in [-0.2, 0) is 16.0 Å². The van der Waals surface area contributed by atoms with E-state index in [1.54, 1.807) is 39.8 Å². The Bertz CT molecular complexity index is 668. The molecule has 26 heavy (non-hydrogen) atoms. The zero-order valence-corrected chi connectivity index (χ0v) is 16.4. The summed E-state index contributed by atoms with van der Waals surface area (Å²) in [4.78, 5) is 27.4. The van der Waals surface area contributed by atoms with Gasteiger partial charge in [-0.15, -0.1) is 0 Å². The summed E-state index contributed by atoms with van der Waals surface area (Å²) in [5.41, 5.74) is 0.467. The van der Waals surface area contributed by atoms with Gasteiger partial charge in [-0.05, 0) is 51.8 Å². The molecule has 0 bridgehead atoms. The highest BCUT2D eigenvalue weighted by molar-refractivity contribution is 5.82. The van der Waals surface area contributed by atoms with Crippen LogP contribution in [0.1, 0.15) is 33.3 Å². The zero-order chi connectivity index (χ0) is 19.5. The molecule has 1 unspecified atom stereocenters. The number of likely N-dealkylation sites (N-methyl/N-ethyl adjacent to an activating group) is 2. The fourth-order valence-electron chi connectivity index (χ4n) is 2.51. The van der Waals surface area contributed by atoms with Crippen LogP contribution in [0.3, 0.4) is 0 Å². The second-order valence-electron chi connectivity index (χ2n) is 7.58. The second kappa shape index (κ2) is 7.85. The predicted octanol–water partition coefficient (Wildman–Crippen LogP) is 2.67. The van der Waals surface area contributed by atoms with E-state index < -0.39 is 11.7 Å². The Labute approximate surface area is 154 Å². The van der Waals surface area contributed by atoms with Crippen molar-refractivity contribution in [1.29, 1.82) is 0 Å². The summed E-state index contributed by atoms with van der Waals surface area (Å²) >= 11 is 0. The summed E-state index contributed by atoms with van der Waals surface area (Å²) in [6.07, 6.45) is 0.164. The molecule has 1 aromatic rings. The smallest absolute Gasteiger partial charge is 0.410 e. The van der Waals surface area contributed by atoms with Crippen LogP contribution in [0.25, 0.3) is 0 Å². The molecule has 0 aromatic heterocycles. The fourth-order valence-corrected chi connectivity index (χ4v) is 2.51. The molecule has 1 aliphatic heterocycles. The Morgan fingerprint density at radius 1 is 1.19 bits per heavy atom. The van der Waals surface area contributed by atoms with Gasteiger partial charge in [0.25, 0.3) is 0 Å². The molecular formula is C19H28N2O5. The molecule has 0 saturated carbocycles. The number of fused-ring (bicyclic) bond motifs is 1. The summed E-state index contributed by atoms with van der Waals surface area (Å²) in [5, 5.41) is 0. The van der Waals surface area contributed by atoms with E-state index in [0.717, 1.165) is 17.1 Å². The predicted molar refractivity (Wildman–Crippen MR) is 97.4 cm³/mol.